The van der Waals surface area contributed by atoms with Crippen molar-refractivity contribution < 1.29 is 9.84 Å². The zero-order valence-electron chi connectivity index (χ0n) is 10.7. The van der Waals surface area contributed by atoms with Crippen LogP contribution in [-0.2, 0) is 4.74 Å². The minimum atomic E-state index is -1.64. The van der Waals surface area contributed by atoms with Crippen molar-refractivity contribution in [2.75, 3.05) is 0 Å². The minimum absolute atomic E-state index is 0.0178. The first-order chi connectivity index (χ1) is 8.00. The summed E-state index contributed by atoms with van der Waals surface area (Å²) in [5, 5.41) is 12.5. The second-order valence-corrected chi connectivity index (χ2v) is 9.65. The third-order valence-corrected chi connectivity index (χ3v) is 7.25. The molecule has 92 valence electrons. The Bertz CT molecular complexity index is 411. The Kier molecular flexibility index (Phi) is 3.52. The molecule has 1 N–H and O–H groups in total. The van der Waals surface area contributed by atoms with Gasteiger partial charge in [-0.15, -0.1) is 0 Å². The van der Waals surface area contributed by atoms with Crippen LogP contribution < -0.4 is 5.19 Å². The van der Waals surface area contributed by atoms with Gasteiger partial charge < -0.3 is 9.84 Å². The molecule has 0 unspecified atom stereocenters. The zero-order valence-corrected chi connectivity index (χ0v) is 11.7. The zero-order chi connectivity index (χ0) is 12.5. The van der Waals surface area contributed by atoms with Gasteiger partial charge in [0.1, 0.15) is 8.07 Å². The molecule has 2 nitrogen and oxygen atoms in total. The summed E-state index contributed by atoms with van der Waals surface area (Å²) in [6.45, 7) is 6.65. The lowest BCUT2D eigenvalue weighted by molar-refractivity contribution is -0.121. The van der Waals surface area contributed by atoms with Crippen LogP contribution in [0, 0.1) is 0 Å². The van der Waals surface area contributed by atoms with Crippen molar-refractivity contribution >= 4 is 13.3 Å². The topological polar surface area (TPSA) is 29.5 Å². The predicted molar refractivity (Wildman–Crippen MR) is 72.8 cm³/mol. The van der Waals surface area contributed by atoms with Crippen LogP contribution in [0.25, 0.3) is 0 Å². The fourth-order valence-electron chi connectivity index (χ4n) is 2.38. The highest BCUT2D eigenvalue weighted by Crippen LogP contribution is 2.26. The van der Waals surface area contributed by atoms with E-state index in [1.165, 1.54) is 10.4 Å². The Hall–Kier alpha value is -0.903. The van der Waals surface area contributed by atoms with Crippen molar-refractivity contribution in [1.82, 2.24) is 0 Å². The van der Waals surface area contributed by atoms with Crippen molar-refractivity contribution in [2.45, 2.75) is 38.8 Å². The number of benzene rings is 1. The second kappa shape index (κ2) is 4.76. The average Bonchev–Trinajstić information content (AvgIpc) is 2.29. The predicted octanol–water partition coefficient (Wildman–Crippen LogP) is 2.19. The van der Waals surface area contributed by atoms with Gasteiger partial charge in [0, 0.05) is 6.42 Å². The average molecular weight is 248 g/mol. The fourth-order valence-corrected chi connectivity index (χ4v) is 5.11. The Labute approximate surface area is 104 Å². The molecule has 1 aliphatic rings. The largest absolute Gasteiger partial charge is 0.368 e. The minimum Gasteiger partial charge on any atom is -0.368 e. The molecule has 0 aromatic heterocycles. The van der Waals surface area contributed by atoms with Gasteiger partial charge >= 0.3 is 0 Å². The molecule has 1 aliphatic heterocycles. The SMILES string of the molecule is C[C@@H]1C=C([Si](C)(C)c2ccccc2)C[C@H](O)O1. The summed E-state index contributed by atoms with van der Waals surface area (Å²) >= 11 is 0. The lowest BCUT2D eigenvalue weighted by Crippen LogP contribution is -2.46. The van der Waals surface area contributed by atoms with E-state index in [0.29, 0.717) is 6.42 Å². The van der Waals surface area contributed by atoms with Crippen molar-refractivity contribution in [3.63, 3.8) is 0 Å². The van der Waals surface area contributed by atoms with E-state index in [1.807, 2.05) is 13.0 Å². The molecule has 0 bridgehead atoms. The highest BCUT2D eigenvalue weighted by atomic mass is 28.3. The second-order valence-electron chi connectivity index (χ2n) is 5.18. The van der Waals surface area contributed by atoms with Gasteiger partial charge in [-0.25, -0.2) is 0 Å². The van der Waals surface area contributed by atoms with Crippen molar-refractivity contribution in [3.05, 3.63) is 41.6 Å². The van der Waals surface area contributed by atoms with E-state index in [-0.39, 0.29) is 6.10 Å². The lowest BCUT2D eigenvalue weighted by Gasteiger charge is -2.33. The van der Waals surface area contributed by atoms with Crippen LogP contribution in [0.4, 0.5) is 0 Å². The molecule has 0 spiro atoms. The Morgan fingerprint density at radius 2 is 1.88 bits per heavy atom. The summed E-state index contributed by atoms with van der Waals surface area (Å²) in [6.07, 6.45) is 2.22. The van der Waals surface area contributed by atoms with Gasteiger partial charge in [0.25, 0.3) is 0 Å². The first-order valence-electron chi connectivity index (χ1n) is 6.10. The third kappa shape index (κ3) is 2.68. The standard InChI is InChI=1S/C14H20O2Si/c1-11-9-13(10-14(15)16-11)17(2,3)12-7-5-4-6-8-12/h4-9,11,14-15H,10H2,1-3H3/t11-,14-/m1/s1. The van der Waals surface area contributed by atoms with Crippen LogP contribution in [0.3, 0.4) is 0 Å². The summed E-state index contributed by atoms with van der Waals surface area (Å²) in [7, 11) is -1.64. The number of hydrogen-bond donors (Lipinski definition) is 1. The summed E-state index contributed by atoms with van der Waals surface area (Å²) in [5.41, 5.74) is 0. The number of aliphatic hydroxyl groups excluding tert-OH is 1. The molecule has 0 fully saturated rings. The highest BCUT2D eigenvalue weighted by Gasteiger charge is 2.32. The lowest BCUT2D eigenvalue weighted by atomic mass is 10.2. The molecule has 0 radical (unpaired) electrons. The molecule has 0 aliphatic carbocycles. The van der Waals surface area contributed by atoms with Crippen molar-refractivity contribution in [3.8, 4) is 0 Å². The van der Waals surface area contributed by atoms with Crippen LogP contribution in [-0.4, -0.2) is 25.6 Å². The number of ether oxygens (including phenoxy) is 1. The van der Waals surface area contributed by atoms with Gasteiger partial charge in [0.15, 0.2) is 6.29 Å². The Balaban J connectivity index is 2.32. The van der Waals surface area contributed by atoms with Crippen LogP contribution >= 0.6 is 0 Å². The molecule has 0 saturated heterocycles. The van der Waals surface area contributed by atoms with E-state index in [1.54, 1.807) is 0 Å². The van der Waals surface area contributed by atoms with E-state index in [9.17, 15) is 5.11 Å². The van der Waals surface area contributed by atoms with Gasteiger partial charge in [0.05, 0.1) is 6.10 Å². The van der Waals surface area contributed by atoms with Gasteiger partial charge in [-0.1, -0.05) is 59.9 Å². The van der Waals surface area contributed by atoms with Crippen LogP contribution in [0.2, 0.25) is 13.1 Å². The normalized spacial score (nSPS) is 25.5. The highest BCUT2D eigenvalue weighted by molar-refractivity contribution is 6.95. The van der Waals surface area contributed by atoms with Gasteiger partial charge in [-0.2, -0.15) is 0 Å². The molecule has 17 heavy (non-hydrogen) atoms. The molecule has 2 rings (SSSR count). The molecule has 1 heterocycles. The maximum absolute atomic E-state index is 9.72. The maximum atomic E-state index is 9.72. The van der Waals surface area contributed by atoms with E-state index in [4.69, 9.17) is 4.74 Å². The van der Waals surface area contributed by atoms with Crippen molar-refractivity contribution in [2.24, 2.45) is 0 Å². The molecule has 3 heteroatoms. The van der Waals surface area contributed by atoms with E-state index in [2.05, 4.69) is 43.4 Å². The first kappa shape index (κ1) is 12.6. The first-order valence-corrected chi connectivity index (χ1v) is 9.10. The van der Waals surface area contributed by atoms with E-state index < -0.39 is 14.4 Å². The quantitative estimate of drug-likeness (QED) is 0.813. The van der Waals surface area contributed by atoms with Gasteiger partial charge in [-0.3, -0.25) is 0 Å². The molecule has 2 atom stereocenters. The number of aliphatic hydroxyl groups is 1. The summed E-state index contributed by atoms with van der Waals surface area (Å²) in [4.78, 5) is 0. The van der Waals surface area contributed by atoms with E-state index in [0.717, 1.165) is 0 Å². The number of hydrogen-bond acceptors (Lipinski definition) is 2. The number of rotatable bonds is 2. The summed E-state index contributed by atoms with van der Waals surface area (Å²) in [6, 6.07) is 10.6. The van der Waals surface area contributed by atoms with Crippen LogP contribution in [0.1, 0.15) is 13.3 Å². The van der Waals surface area contributed by atoms with E-state index >= 15 is 0 Å². The summed E-state index contributed by atoms with van der Waals surface area (Å²) in [5.74, 6) is 0. The monoisotopic (exact) mass is 248 g/mol. The van der Waals surface area contributed by atoms with Crippen LogP contribution in [0.15, 0.2) is 41.6 Å². The van der Waals surface area contributed by atoms with Crippen molar-refractivity contribution in [1.29, 1.82) is 0 Å². The molecule has 1 aromatic rings. The fraction of sp³-hybridized carbons (Fsp3) is 0.429. The molecular weight excluding hydrogens is 228 g/mol. The molecular formula is C14H20O2Si. The molecule has 0 saturated carbocycles. The smallest absolute Gasteiger partial charge is 0.158 e. The Morgan fingerprint density at radius 3 is 2.47 bits per heavy atom. The van der Waals surface area contributed by atoms with Crippen LogP contribution in [0.5, 0.6) is 0 Å². The Morgan fingerprint density at radius 1 is 1.24 bits per heavy atom. The third-order valence-electron chi connectivity index (χ3n) is 3.50. The summed E-state index contributed by atoms with van der Waals surface area (Å²) < 4.78 is 5.35. The van der Waals surface area contributed by atoms with Gasteiger partial charge in [0.2, 0.25) is 0 Å². The molecule has 0 amide bonds. The van der Waals surface area contributed by atoms with Gasteiger partial charge in [-0.05, 0) is 6.92 Å². The molecule has 1 aromatic carbocycles. The maximum Gasteiger partial charge on any atom is 0.158 e.